The highest BCUT2D eigenvalue weighted by Crippen LogP contribution is 2.25. The zero-order valence-electron chi connectivity index (χ0n) is 15.5. The minimum absolute atomic E-state index is 0.0764. The Morgan fingerprint density at radius 3 is 2.89 bits per heavy atom. The average Bonchev–Trinajstić information content (AvgIpc) is 3.31. The first-order valence-electron chi connectivity index (χ1n) is 9.34. The fourth-order valence-electron chi connectivity index (χ4n) is 3.89. The van der Waals surface area contributed by atoms with E-state index in [4.69, 9.17) is 9.47 Å². The van der Waals surface area contributed by atoms with Gasteiger partial charge in [-0.2, -0.15) is 0 Å². The van der Waals surface area contributed by atoms with Crippen LogP contribution in [0.25, 0.3) is 33.3 Å². The summed E-state index contributed by atoms with van der Waals surface area (Å²) < 4.78 is 12.8. The lowest BCUT2D eigenvalue weighted by atomic mass is 10.00. The van der Waals surface area contributed by atoms with Gasteiger partial charge in [0.2, 0.25) is 0 Å². The lowest BCUT2D eigenvalue weighted by Crippen LogP contribution is -2.34. The molecule has 5 heterocycles. The Bertz CT molecular complexity index is 1190. The van der Waals surface area contributed by atoms with Crippen LogP contribution in [0.4, 0.5) is 0 Å². The number of pyridine rings is 2. The molecule has 2 atom stereocenters. The van der Waals surface area contributed by atoms with E-state index in [1.165, 1.54) is 0 Å². The molecule has 4 aromatic heterocycles. The fourth-order valence-corrected chi connectivity index (χ4v) is 3.89. The van der Waals surface area contributed by atoms with Crippen molar-refractivity contribution in [3.05, 3.63) is 47.3 Å². The molecule has 0 bridgehead atoms. The topological polar surface area (TPSA) is 97.8 Å². The Hall–Kier alpha value is -2.97. The lowest BCUT2D eigenvalue weighted by molar-refractivity contribution is -0.0586. The second kappa shape index (κ2) is 6.88. The van der Waals surface area contributed by atoms with Gasteiger partial charge in [0.1, 0.15) is 5.65 Å². The van der Waals surface area contributed by atoms with E-state index in [0.717, 1.165) is 34.1 Å². The normalized spacial score (nSPS) is 20.2. The Balaban J connectivity index is 1.52. The number of H-pyrrole nitrogens is 2. The quantitative estimate of drug-likeness (QED) is 0.567. The van der Waals surface area contributed by atoms with Crippen molar-refractivity contribution in [1.82, 2.24) is 24.5 Å². The first-order valence-corrected chi connectivity index (χ1v) is 9.34. The Labute approximate surface area is 160 Å². The number of aromatic amines is 2. The number of hydrogen-bond acceptors (Lipinski definition) is 5. The summed E-state index contributed by atoms with van der Waals surface area (Å²) in [6.45, 7) is 1.80. The van der Waals surface area contributed by atoms with Crippen LogP contribution >= 0.6 is 0 Å². The summed E-state index contributed by atoms with van der Waals surface area (Å²) >= 11 is 0. The number of nitrogens with one attached hydrogen (secondary N) is 2. The number of aromatic nitrogens is 5. The van der Waals surface area contributed by atoms with Gasteiger partial charge < -0.3 is 14.5 Å². The highest BCUT2D eigenvalue weighted by Gasteiger charge is 2.24. The predicted molar refractivity (Wildman–Crippen MR) is 105 cm³/mol. The zero-order valence-corrected chi connectivity index (χ0v) is 15.5. The van der Waals surface area contributed by atoms with Crippen molar-refractivity contribution < 1.29 is 9.47 Å². The van der Waals surface area contributed by atoms with Crippen LogP contribution in [0.5, 0.6) is 0 Å². The molecule has 28 heavy (non-hydrogen) atoms. The average molecular weight is 379 g/mol. The highest BCUT2D eigenvalue weighted by atomic mass is 16.5. The van der Waals surface area contributed by atoms with Gasteiger partial charge in [0.15, 0.2) is 5.65 Å². The molecule has 1 aliphatic rings. The lowest BCUT2D eigenvalue weighted by Gasteiger charge is -2.28. The van der Waals surface area contributed by atoms with E-state index in [9.17, 15) is 4.79 Å². The van der Waals surface area contributed by atoms with Crippen LogP contribution in [0.1, 0.15) is 6.42 Å². The van der Waals surface area contributed by atoms with E-state index >= 15 is 0 Å². The van der Waals surface area contributed by atoms with Gasteiger partial charge >= 0.3 is 5.69 Å². The summed E-state index contributed by atoms with van der Waals surface area (Å²) in [5.74, 6) is 0.219. The number of rotatable bonds is 4. The summed E-state index contributed by atoms with van der Waals surface area (Å²) in [4.78, 5) is 27.4. The summed E-state index contributed by atoms with van der Waals surface area (Å²) in [7, 11) is 1.69. The second-order valence-corrected chi connectivity index (χ2v) is 7.27. The standard InChI is InChI=1S/C20H21N5O3/c1-27-16-4-12(10-28-11-16)9-25-17-6-15(8-23-19(17)24-20(25)26)14-5-13-2-3-21-18(13)22-7-14/h2-3,5-8,12,16H,4,9-11H2,1H3,(H,21,22)(H,23,24,26)/t12-,16-/m0/s1. The minimum Gasteiger partial charge on any atom is -0.379 e. The molecule has 1 fully saturated rings. The molecule has 5 rings (SSSR count). The van der Waals surface area contributed by atoms with Crippen LogP contribution < -0.4 is 5.69 Å². The molecular weight excluding hydrogens is 358 g/mol. The molecule has 0 aromatic carbocycles. The van der Waals surface area contributed by atoms with Crippen LogP contribution in [0.2, 0.25) is 0 Å². The number of methoxy groups -OCH3 is 1. The second-order valence-electron chi connectivity index (χ2n) is 7.27. The van der Waals surface area contributed by atoms with Crippen molar-refractivity contribution in [1.29, 1.82) is 0 Å². The van der Waals surface area contributed by atoms with Crippen LogP contribution in [-0.2, 0) is 16.0 Å². The van der Waals surface area contributed by atoms with E-state index in [1.807, 2.05) is 24.5 Å². The molecule has 4 aromatic rings. The van der Waals surface area contributed by atoms with Gasteiger partial charge in [-0.3, -0.25) is 9.55 Å². The third-order valence-corrected chi connectivity index (χ3v) is 5.39. The molecule has 0 amide bonds. The fraction of sp³-hybridized carbons (Fsp3) is 0.350. The van der Waals surface area contributed by atoms with Crippen molar-refractivity contribution in [2.75, 3.05) is 20.3 Å². The molecule has 1 saturated heterocycles. The van der Waals surface area contributed by atoms with Crippen molar-refractivity contribution in [3.63, 3.8) is 0 Å². The molecule has 0 unspecified atom stereocenters. The molecule has 0 aliphatic carbocycles. The van der Waals surface area contributed by atoms with Gasteiger partial charge in [-0.25, -0.2) is 14.8 Å². The Morgan fingerprint density at radius 2 is 2.04 bits per heavy atom. The number of hydrogen-bond donors (Lipinski definition) is 2. The van der Waals surface area contributed by atoms with Gasteiger partial charge in [-0.1, -0.05) is 0 Å². The molecule has 8 heteroatoms. The highest BCUT2D eigenvalue weighted by molar-refractivity contribution is 5.84. The Morgan fingerprint density at radius 1 is 1.21 bits per heavy atom. The monoisotopic (exact) mass is 379 g/mol. The molecule has 2 N–H and O–H groups in total. The summed E-state index contributed by atoms with van der Waals surface area (Å²) in [5.41, 5.74) is 3.95. The predicted octanol–water partition coefficient (Wildman–Crippen LogP) is 2.32. The molecule has 0 spiro atoms. The maximum atomic E-state index is 12.5. The molecule has 8 nitrogen and oxygen atoms in total. The van der Waals surface area contributed by atoms with Crippen molar-refractivity contribution in [2.45, 2.75) is 19.1 Å². The van der Waals surface area contributed by atoms with Gasteiger partial charge in [-0.05, 0) is 24.6 Å². The van der Waals surface area contributed by atoms with Gasteiger partial charge in [0.05, 0.1) is 24.8 Å². The van der Waals surface area contributed by atoms with Crippen LogP contribution in [0.3, 0.4) is 0 Å². The molecule has 144 valence electrons. The molecule has 0 saturated carbocycles. The van der Waals surface area contributed by atoms with E-state index in [-0.39, 0.29) is 17.7 Å². The van der Waals surface area contributed by atoms with Crippen LogP contribution in [0, 0.1) is 5.92 Å². The summed E-state index contributed by atoms with van der Waals surface area (Å²) in [5, 5.41) is 1.04. The molecule has 1 aliphatic heterocycles. The van der Waals surface area contributed by atoms with Crippen molar-refractivity contribution >= 4 is 22.2 Å². The third kappa shape index (κ3) is 3.00. The number of fused-ring (bicyclic) bond motifs is 2. The van der Waals surface area contributed by atoms with Crippen LogP contribution in [0.15, 0.2) is 41.6 Å². The van der Waals surface area contributed by atoms with Gasteiger partial charge in [0.25, 0.3) is 0 Å². The number of ether oxygens (including phenoxy) is 2. The number of nitrogens with zero attached hydrogens (tertiary/aromatic N) is 3. The summed E-state index contributed by atoms with van der Waals surface area (Å²) in [6, 6.07) is 6.04. The first kappa shape index (κ1) is 17.2. The largest absolute Gasteiger partial charge is 0.379 e. The van der Waals surface area contributed by atoms with E-state index < -0.39 is 0 Å². The molecular formula is C20H21N5O3. The maximum absolute atomic E-state index is 12.5. The van der Waals surface area contributed by atoms with Gasteiger partial charge in [0, 0.05) is 54.7 Å². The zero-order chi connectivity index (χ0) is 19.1. The summed E-state index contributed by atoms with van der Waals surface area (Å²) in [6.07, 6.45) is 6.40. The van der Waals surface area contributed by atoms with E-state index in [1.54, 1.807) is 17.9 Å². The third-order valence-electron chi connectivity index (χ3n) is 5.39. The van der Waals surface area contributed by atoms with E-state index in [2.05, 4.69) is 26.0 Å². The van der Waals surface area contributed by atoms with Gasteiger partial charge in [-0.15, -0.1) is 0 Å². The van der Waals surface area contributed by atoms with Crippen molar-refractivity contribution in [2.24, 2.45) is 5.92 Å². The van der Waals surface area contributed by atoms with Crippen molar-refractivity contribution in [3.8, 4) is 11.1 Å². The van der Waals surface area contributed by atoms with E-state index in [0.29, 0.717) is 25.4 Å². The smallest absolute Gasteiger partial charge is 0.327 e. The minimum atomic E-state index is -0.154. The Kier molecular flexibility index (Phi) is 4.22. The number of imidazole rings is 1. The maximum Gasteiger partial charge on any atom is 0.327 e. The van der Waals surface area contributed by atoms with Crippen LogP contribution in [-0.4, -0.2) is 50.9 Å². The SMILES string of the molecule is CO[C@@H]1COC[C@H](Cn2c(=O)[nH]c3ncc(-c4cnc5[nH]ccc5c4)cc32)C1. The molecule has 0 radical (unpaired) electrons. The first-order chi connectivity index (χ1) is 13.7.